The molecule has 1 amide bonds. The second kappa shape index (κ2) is 8.63. The molecule has 4 rings (SSSR count). The molecule has 1 N–H and O–H groups in total. The minimum Gasteiger partial charge on any atom is -0.481 e. The van der Waals surface area contributed by atoms with Gasteiger partial charge in [0.1, 0.15) is 0 Å². The number of nitrogens with zero attached hydrogens (tertiary/aromatic N) is 2. The fraction of sp³-hybridized carbons (Fsp3) is 0.208. The number of hydrogen-bond donors (Lipinski definition) is 1. The lowest BCUT2D eigenvalue weighted by atomic mass is 9.78. The number of nitrogens with one attached hydrogen (secondary N) is 1. The summed E-state index contributed by atoms with van der Waals surface area (Å²) in [6.45, 7) is 2.39. The topological polar surface area (TPSA) is 64.1 Å². The van der Waals surface area contributed by atoms with Crippen molar-refractivity contribution in [1.29, 1.82) is 0 Å². The normalized spacial score (nSPS) is 13.0. The van der Waals surface area contributed by atoms with Crippen LogP contribution in [-0.4, -0.2) is 23.0 Å². The summed E-state index contributed by atoms with van der Waals surface area (Å²) in [4.78, 5) is 22.3. The summed E-state index contributed by atoms with van der Waals surface area (Å²) in [5.74, 6) is 0.491. The van der Waals surface area contributed by atoms with Crippen molar-refractivity contribution < 1.29 is 9.53 Å². The number of rotatable bonds is 7. The Hall–Kier alpha value is -3.25. The predicted molar refractivity (Wildman–Crippen MR) is 120 cm³/mol. The van der Waals surface area contributed by atoms with Gasteiger partial charge in [-0.1, -0.05) is 42.5 Å². The van der Waals surface area contributed by atoms with E-state index < -0.39 is 5.41 Å². The molecule has 0 aliphatic heterocycles. The Kier molecular flexibility index (Phi) is 5.77. The highest BCUT2D eigenvalue weighted by molar-refractivity contribution is 7.18. The van der Waals surface area contributed by atoms with Gasteiger partial charge in [-0.2, -0.15) is 0 Å². The smallest absolute Gasteiger partial charge is 0.231 e. The first-order valence-electron chi connectivity index (χ1n) is 9.76. The molecule has 2 heterocycles. The van der Waals surface area contributed by atoms with Crippen LogP contribution < -0.4 is 10.1 Å². The highest BCUT2D eigenvalue weighted by atomic mass is 32.1. The number of carbonyl (C=O) groups excluding carboxylic acids is 1. The number of fused-ring (bicyclic) bond motifs is 1. The largest absolute Gasteiger partial charge is 0.481 e. The minimum absolute atomic E-state index is 0.0382. The van der Waals surface area contributed by atoms with Crippen molar-refractivity contribution >= 4 is 27.5 Å². The lowest BCUT2D eigenvalue weighted by Gasteiger charge is -2.28. The highest BCUT2D eigenvalue weighted by Crippen LogP contribution is 2.32. The lowest BCUT2D eigenvalue weighted by molar-refractivity contribution is -0.126. The van der Waals surface area contributed by atoms with Crippen molar-refractivity contribution in [2.24, 2.45) is 0 Å². The van der Waals surface area contributed by atoms with Crippen LogP contribution in [-0.2, 0) is 23.2 Å². The molecule has 6 heteroatoms. The summed E-state index contributed by atoms with van der Waals surface area (Å²) in [7, 11) is 1.58. The Morgan fingerprint density at radius 1 is 1.10 bits per heavy atom. The van der Waals surface area contributed by atoms with E-state index in [1.54, 1.807) is 24.6 Å². The molecule has 0 spiro atoms. The van der Waals surface area contributed by atoms with Crippen LogP contribution in [0.15, 0.2) is 72.9 Å². The number of para-hydroxylation sites is 1. The first-order chi connectivity index (χ1) is 14.6. The van der Waals surface area contributed by atoms with Crippen molar-refractivity contribution in [3.63, 3.8) is 0 Å². The van der Waals surface area contributed by atoms with E-state index in [0.717, 1.165) is 26.4 Å². The van der Waals surface area contributed by atoms with Gasteiger partial charge < -0.3 is 10.1 Å². The van der Waals surface area contributed by atoms with Gasteiger partial charge in [0.15, 0.2) is 0 Å². The van der Waals surface area contributed by atoms with Gasteiger partial charge >= 0.3 is 0 Å². The van der Waals surface area contributed by atoms with E-state index in [-0.39, 0.29) is 5.91 Å². The van der Waals surface area contributed by atoms with Crippen molar-refractivity contribution in [3.05, 3.63) is 89.1 Å². The molecule has 0 saturated carbocycles. The van der Waals surface area contributed by atoms with E-state index in [1.807, 2.05) is 67.6 Å². The van der Waals surface area contributed by atoms with Gasteiger partial charge in [0.25, 0.3) is 0 Å². The van der Waals surface area contributed by atoms with E-state index in [9.17, 15) is 4.79 Å². The maximum absolute atomic E-state index is 13.4. The molecule has 5 nitrogen and oxygen atoms in total. The number of thiazole rings is 1. The molecule has 0 saturated heterocycles. The van der Waals surface area contributed by atoms with Gasteiger partial charge in [-0.25, -0.2) is 9.97 Å². The van der Waals surface area contributed by atoms with E-state index in [4.69, 9.17) is 9.72 Å². The number of pyridine rings is 1. The van der Waals surface area contributed by atoms with Crippen LogP contribution in [0.3, 0.4) is 0 Å². The van der Waals surface area contributed by atoms with Gasteiger partial charge in [-0.15, -0.1) is 11.3 Å². The summed E-state index contributed by atoms with van der Waals surface area (Å²) >= 11 is 1.64. The molecule has 4 aromatic rings. The Bertz CT molecular complexity index is 1130. The monoisotopic (exact) mass is 417 g/mol. The molecule has 30 heavy (non-hydrogen) atoms. The van der Waals surface area contributed by atoms with Gasteiger partial charge in [0, 0.05) is 25.2 Å². The van der Waals surface area contributed by atoms with Gasteiger partial charge in [0.05, 0.1) is 27.7 Å². The zero-order valence-electron chi connectivity index (χ0n) is 17.0. The van der Waals surface area contributed by atoms with Crippen LogP contribution in [0.5, 0.6) is 5.88 Å². The van der Waals surface area contributed by atoms with Crippen molar-refractivity contribution in [1.82, 2.24) is 15.3 Å². The van der Waals surface area contributed by atoms with Crippen LogP contribution in [0, 0.1) is 0 Å². The molecule has 2 aromatic carbocycles. The fourth-order valence-electron chi connectivity index (χ4n) is 3.47. The van der Waals surface area contributed by atoms with E-state index >= 15 is 0 Å². The van der Waals surface area contributed by atoms with Crippen LogP contribution >= 0.6 is 11.3 Å². The first kappa shape index (κ1) is 20.0. The number of amides is 1. The highest BCUT2D eigenvalue weighted by Gasteiger charge is 2.36. The molecule has 0 fully saturated rings. The number of methoxy groups -OCH3 is 1. The Labute approximate surface area is 179 Å². The standard InChI is InChI=1S/C24H23N3O2S/c1-24(18-8-4-3-5-9-18,15-22-27-19-10-6-7-11-20(19)30-22)23(28)26-16-17-12-13-25-21(14-17)29-2/h3-14H,15-16H2,1-2H3,(H,26,28). The van der Waals surface area contributed by atoms with Crippen LogP contribution in [0.1, 0.15) is 23.1 Å². The summed E-state index contributed by atoms with van der Waals surface area (Å²) < 4.78 is 6.31. The van der Waals surface area contributed by atoms with Gasteiger partial charge in [0.2, 0.25) is 11.8 Å². The van der Waals surface area contributed by atoms with E-state index in [2.05, 4.69) is 16.4 Å². The average Bonchev–Trinajstić information content (AvgIpc) is 3.20. The van der Waals surface area contributed by atoms with E-state index in [0.29, 0.717) is 18.8 Å². The summed E-state index contributed by atoms with van der Waals surface area (Å²) in [5.41, 5.74) is 2.13. The SMILES string of the molecule is COc1cc(CNC(=O)C(C)(Cc2nc3ccccc3s2)c2ccccc2)ccn1. The molecule has 0 radical (unpaired) electrons. The average molecular weight is 418 g/mol. The van der Waals surface area contributed by atoms with Crippen LogP contribution in [0.2, 0.25) is 0 Å². The molecule has 2 aromatic heterocycles. The summed E-state index contributed by atoms with van der Waals surface area (Å²) in [6.07, 6.45) is 2.21. The maximum Gasteiger partial charge on any atom is 0.231 e. The minimum atomic E-state index is -0.744. The van der Waals surface area contributed by atoms with Gasteiger partial charge in [-0.3, -0.25) is 4.79 Å². The zero-order valence-corrected chi connectivity index (χ0v) is 17.8. The second-order valence-electron chi connectivity index (χ2n) is 7.34. The van der Waals surface area contributed by atoms with Gasteiger partial charge in [-0.05, 0) is 36.2 Å². The Morgan fingerprint density at radius 3 is 2.63 bits per heavy atom. The molecule has 152 valence electrons. The zero-order chi connectivity index (χ0) is 21.0. The lowest BCUT2D eigenvalue weighted by Crippen LogP contribution is -2.43. The predicted octanol–water partition coefficient (Wildman–Crippen LogP) is 4.52. The number of ether oxygens (including phenoxy) is 1. The second-order valence-corrected chi connectivity index (χ2v) is 8.45. The molecule has 1 atom stereocenters. The number of aromatic nitrogens is 2. The fourth-order valence-corrected chi connectivity index (χ4v) is 4.59. The van der Waals surface area contributed by atoms with E-state index in [1.165, 1.54) is 0 Å². The van der Waals surface area contributed by atoms with Crippen molar-refractivity contribution in [3.8, 4) is 5.88 Å². The molecular weight excluding hydrogens is 394 g/mol. The third-order valence-electron chi connectivity index (χ3n) is 5.22. The van der Waals surface area contributed by atoms with Crippen LogP contribution in [0.25, 0.3) is 10.2 Å². The molecule has 1 unspecified atom stereocenters. The maximum atomic E-state index is 13.4. The number of benzene rings is 2. The third kappa shape index (κ3) is 4.19. The summed E-state index contributed by atoms with van der Waals surface area (Å²) in [6, 6.07) is 21.7. The first-order valence-corrected chi connectivity index (χ1v) is 10.6. The quantitative estimate of drug-likeness (QED) is 0.480. The van der Waals surface area contributed by atoms with Crippen molar-refractivity contribution in [2.45, 2.75) is 25.3 Å². The molecular formula is C24H23N3O2S. The summed E-state index contributed by atoms with van der Waals surface area (Å²) in [5, 5.41) is 4.05. The number of carbonyl (C=O) groups is 1. The third-order valence-corrected chi connectivity index (χ3v) is 6.25. The Morgan fingerprint density at radius 2 is 1.87 bits per heavy atom. The van der Waals surface area contributed by atoms with Crippen LogP contribution in [0.4, 0.5) is 0 Å². The molecule has 0 bridgehead atoms. The molecule has 0 aliphatic rings. The number of hydrogen-bond acceptors (Lipinski definition) is 5. The van der Waals surface area contributed by atoms with Crippen molar-refractivity contribution in [2.75, 3.05) is 7.11 Å². The Balaban J connectivity index is 1.60. The molecule has 0 aliphatic carbocycles.